The second-order valence-electron chi connectivity index (χ2n) is 6.25. The highest BCUT2D eigenvalue weighted by Gasteiger charge is 2.34. The number of urea groups is 1. The van der Waals surface area contributed by atoms with Gasteiger partial charge in [-0.3, -0.25) is 0 Å². The number of amides is 2. The van der Waals surface area contributed by atoms with Gasteiger partial charge >= 0.3 is 6.03 Å². The summed E-state index contributed by atoms with van der Waals surface area (Å²) in [6.45, 7) is 3.91. The minimum absolute atomic E-state index is 0.213. The molecule has 5 nitrogen and oxygen atoms in total. The molecule has 120 valence electrons. The lowest BCUT2D eigenvalue weighted by molar-refractivity contribution is 0.240. The van der Waals surface area contributed by atoms with E-state index in [4.69, 9.17) is 4.74 Å². The van der Waals surface area contributed by atoms with Gasteiger partial charge in [-0.15, -0.1) is 0 Å². The molecule has 3 rings (SSSR count). The fourth-order valence-electron chi connectivity index (χ4n) is 3.11. The molecule has 2 aromatic rings. The van der Waals surface area contributed by atoms with Crippen LogP contribution in [-0.4, -0.2) is 23.7 Å². The number of rotatable bonds is 3. The molecule has 0 fully saturated rings. The van der Waals surface area contributed by atoms with Gasteiger partial charge in [-0.1, -0.05) is 24.3 Å². The first-order chi connectivity index (χ1) is 11.0. The molecule has 1 aromatic carbocycles. The van der Waals surface area contributed by atoms with Crippen molar-refractivity contribution in [3.8, 4) is 5.88 Å². The largest absolute Gasteiger partial charge is 0.481 e. The van der Waals surface area contributed by atoms with Crippen molar-refractivity contribution in [1.82, 2.24) is 10.3 Å². The molecule has 0 radical (unpaired) electrons. The Morgan fingerprint density at radius 2 is 1.83 bits per heavy atom. The Labute approximate surface area is 136 Å². The van der Waals surface area contributed by atoms with E-state index >= 15 is 0 Å². The standard InChI is InChI=1S/C18H21N3O2/c1-12-15(8-9-16(19-12)23-3)20-17(22)21-18(2)10-13-6-4-5-7-14(13)11-18/h4-9H,10-11H2,1-3H3,(H2,20,21,22). The molecule has 23 heavy (non-hydrogen) atoms. The molecular formula is C18H21N3O2. The second kappa shape index (κ2) is 5.91. The summed E-state index contributed by atoms with van der Waals surface area (Å²) >= 11 is 0. The van der Waals surface area contributed by atoms with Crippen LogP contribution in [0.4, 0.5) is 10.5 Å². The molecule has 5 heteroatoms. The Morgan fingerprint density at radius 1 is 1.17 bits per heavy atom. The Morgan fingerprint density at radius 3 is 2.39 bits per heavy atom. The van der Waals surface area contributed by atoms with E-state index in [1.165, 1.54) is 11.1 Å². The van der Waals surface area contributed by atoms with Crippen molar-refractivity contribution in [2.75, 3.05) is 12.4 Å². The molecule has 0 saturated heterocycles. The molecule has 2 amide bonds. The number of nitrogens with zero attached hydrogens (tertiary/aromatic N) is 1. The summed E-state index contributed by atoms with van der Waals surface area (Å²) in [7, 11) is 1.57. The van der Waals surface area contributed by atoms with Gasteiger partial charge in [0.2, 0.25) is 5.88 Å². The summed E-state index contributed by atoms with van der Waals surface area (Å²) in [5.41, 5.74) is 3.75. The highest BCUT2D eigenvalue weighted by molar-refractivity contribution is 5.90. The van der Waals surface area contributed by atoms with E-state index in [0.717, 1.165) is 18.5 Å². The van der Waals surface area contributed by atoms with E-state index in [2.05, 4.69) is 34.7 Å². The number of hydrogen-bond donors (Lipinski definition) is 2. The van der Waals surface area contributed by atoms with Gasteiger partial charge in [-0.2, -0.15) is 0 Å². The fourth-order valence-corrected chi connectivity index (χ4v) is 3.11. The zero-order valence-corrected chi connectivity index (χ0v) is 13.6. The molecule has 1 aliphatic carbocycles. The lowest BCUT2D eigenvalue weighted by Crippen LogP contribution is -2.48. The Balaban J connectivity index is 1.66. The van der Waals surface area contributed by atoms with Crippen LogP contribution in [0.1, 0.15) is 23.7 Å². The molecule has 1 heterocycles. The molecule has 0 atom stereocenters. The quantitative estimate of drug-likeness (QED) is 0.915. The van der Waals surface area contributed by atoms with Gasteiger partial charge in [0.1, 0.15) is 0 Å². The van der Waals surface area contributed by atoms with E-state index in [1.54, 1.807) is 19.2 Å². The third-order valence-corrected chi connectivity index (χ3v) is 4.21. The van der Waals surface area contributed by atoms with Crippen molar-refractivity contribution in [2.24, 2.45) is 0 Å². The Hall–Kier alpha value is -2.56. The molecule has 0 spiro atoms. The van der Waals surface area contributed by atoms with E-state index in [1.807, 2.05) is 19.1 Å². The molecular weight excluding hydrogens is 290 g/mol. The number of fused-ring (bicyclic) bond motifs is 1. The predicted molar refractivity (Wildman–Crippen MR) is 89.9 cm³/mol. The third kappa shape index (κ3) is 3.28. The van der Waals surface area contributed by atoms with E-state index in [9.17, 15) is 4.79 Å². The van der Waals surface area contributed by atoms with Crippen LogP contribution in [0, 0.1) is 6.92 Å². The summed E-state index contributed by atoms with van der Waals surface area (Å²) < 4.78 is 5.08. The average Bonchev–Trinajstić information content (AvgIpc) is 2.84. The third-order valence-electron chi connectivity index (χ3n) is 4.21. The van der Waals surface area contributed by atoms with E-state index < -0.39 is 0 Å². The van der Waals surface area contributed by atoms with Crippen LogP contribution < -0.4 is 15.4 Å². The van der Waals surface area contributed by atoms with E-state index in [-0.39, 0.29) is 11.6 Å². The number of hydrogen-bond acceptors (Lipinski definition) is 3. The van der Waals surface area contributed by atoms with Crippen molar-refractivity contribution in [3.63, 3.8) is 0 Å². The smallest absolute Gasteiger partial charge is 0.319 e. The summed E-state index contributed by atoms with van der Waals surface area (Å²) in [4.78, 5) is 16.6. The van der Waals surface area contributed by atoms with Crippen LogP contribution in [0.2, 0.25) is 0 Å². The maximum absolute atomic E-state index is 12.4. The number of aryl methyl sites for hydroxylation is 1. The van der Waals surface area contributed by atoms with Crippen LogP contribution in [0.25, 0.3) is 0 Å². The maximum atomic E-state index is 12.4. The average molecular weight is 311 g/mol. The number of anilines is 1. The van der Waals surface area contributed by atoms with Crippen LogP contribution in [0.3, 0.4) is 0 Å². The first-order valence-electron chi connectivity index (χ1n) is 7.67. The number of pyridine rings is 1. The van der Waals surface area contributed by atoms with Gasteiger partial charge in [0.05, 0.1) is 18.5 Å². The molecule has 0 aliphatic heterocycles. The summed E-state index contributed by atoms with van der Waals surface area (Å²) in [6, 6.07) is 11.6. The van der Waals surface area contributed by atoms with Crippen molar-refractivity contribution in [2.45, 2.75) is 32.2 Å². The van der Waals surface area contributed by atoms with Crippen molar-refractivity contribution in [1.29, 1.82) is 0 Å². The molecule has 0 saturated carbocycles. The Kier molecular flexibility index (Phi) is 3.94. The molecule has 2 N–H and O–H groups in total. The van der Waals surface area contributed by atoms with Gasteiger partial charge < -0.3 is 15.4 Å². The minimum Gasteiger partial charge on any atom is -0.481 e. The van der Waals surface area contributed by atoms with Crippen LogP contribution in [0.5, 0.6) is 5.88 Å². The van der Waals surface area contributed by atoms with Crippen LogP contribution in [-0.2, 0) is 12.8 Å². The van der Waals surface area contributed by atoms with Gasteiger partial charge in [0.15, 0.2) is 0 Å². The van der Waals surface area contributed by atoms with Gasteiger partial charge in [0.25, 0.3) is 0 Å². The monoisotopic (exact) mass is 311 g/mol. The number of benzene rings is 1. The van der Waals surface area contributed by atoms with Crippen LogP contribution >= 0.6 is 0 Å². The zero-order valence-electron chi connectivity index (χ0n) is 13.6. The lowest BCUT2D eigenvalue weighted by atomic mass is 9.99. The van der Waals surface area contributed by atoms with Crippen molar-refractivity contribution < 1.29 is 9.53 Å². The van der Waals surface area contributed by atoms with Gasteiger partial charge in [-0.25, -0.2) is 9.78 Å². The maximum Gasteiger partial charge on any atom is 0.319 e. The number of aromatic nitrogens is 1. The Bertz CT molecular complexity index is 718. The fraction of sp³-hybridized carbons (Fsp3) is 0.333. The SMILES string of the molecule is COc1ccc(NC(=O)NC2(C)Cc3ccccc3C2)c(C)n1. The summed E-state index contributed by atoms with van der Waals surface area (Å²) in [6.07, 6.45) is 1.69. The normalized spacial score (nSPS) is 14.9. The number of carbonyl (C=O) groups is 1. The first-order valence-corrected chi connectivity index (χ1v) is 7.67. The summed E-state index contributed by atoms with van der Waals surface area (Å²) in [5.74, 6) is 0.534. The predicted octanol–water partition coefficient (Wildman–Crippen LogP) is 3.08. The number of nitrogens with one attached hydrogen (secondary N) is 2. The highest BCUT2D eigenvalue weighted by atomic mass is 16.5. The lowest BCUT2D eigenvalue weighted by Gasteiger charge is -2.25. The minimum atomic E-state index is -0.262. The van der Waals surface area contributed by atoms with E-state index in [0.29, 0.717) is 11.6 Å². The zero-order chi connectivity index (χ0) is 16.4. The van der Waals surface area contributed by atoms with Gasteiger partial charge in [0, 0.05) is 11.6 Å². The summed E-state index contributed by atoms with van der Waals surface area (Å²) in [5, 5.41) is 5.97. The number of carbonyl (C=O) groups excluding carboxylic acids is 1. The topological polar surface area (TPSA) is 63.2 Å². The molecule has 1 aliphatic rings. The molecule has 1 aromatic heterocycles. The molecule has 0 unspecified atom stereocenters. The molecule has 0 bridgehead atoms. The number of methoxy groups -OCH3 is 1. The van der Waals surface area contributed by atoms with Crippen LogP contribution in [0.15, 0.2) is 36.4 Å². The highest BCUT2D eigenvalue weighted by Crippen LogP contribution is 2.29. The number of ether oxygens (including phenoxy) is 1. The van der Waals surface area contributed by atoms with Gasteiger partial charge in [-0.05, 0) is 43.9 Å². The van der Waals surface area contributed by atoms with Crippen molar-refractivity contribution in [3.05, 3.63) is 53.2 Å². The second-order valence-corrected chi connectivity index (χ2v) is 6.25. The van der Waals surface area contributed by atoms with Crippen molar-refractivity contribution >= 4 is 11.7 Å². The first kappa shape index (κ1) is 15.3.